The van der Waals surface area contributed by atoms with Crippen molar-refractivity contribution in [3.8, 4) is 5.88 Å². The van der Waals surface area contributed by atoms with Crippen LogP contribution >= 0.6 is 23.2 Å². The molecule has 0 fully saturated rings. The van der Waals surface area contributed by atoms with E-state index in [-0.39, 0.29) is 12.5 Å². The van der Waals surface area contributed by atoms with Gasteiger partial charge in [0.05, 0.1) is 20.9 Å². The molecule has 0 saturated heterocycles. The summed E-state index contributed by atoms with van der Waals surface area (Å²) < 4.78 is 5.57. The van der Waals surface area contributed by atoms with E-state index in [2.05, 4.69) is 15.3 Å². The Morgan fingerprint density at radius 1 is 1.12 bits per heavy atom. The number of amides is 1. The molecule has 0 atom stereocenters. The van der Waals surface area contributed by atoms with E-state index >= 15 is 0 Å². The van der Waals surface area contributed by atoms with Crippen LogP contribution in [0.25, 0.3) is 10.9 Å². The molecule has 1 N–H and O–H groups in total. The number of aromatic nitrogens is 2. The lowest BCUT2D eigenvalue weighted by atomic mass is 10.2. The van der Waals surface area contributed by atoms with Crippen LogP contribution in [-0.4, -0.2) is 22.5 Å². The van der Waals surface area contributed by atoms with Gasteiger partial charge in [-0.25, -0.2) is 4.98 Å². The molecule has 0 aliphatic carbocycles. The number of benzene rings is 2. The Bertz CT molecular complexity index is 915. The van der Waals surface area contributed by atoms with Crippen molar-refractivity contribution in [1.29, 1.82) is 0 Å². The molecule has 0 aliphatic heterocycles. The van der Waals surface area contributed by atoms with Crippen LogP contribution in [0.4, 0.5) is 5.69 Å². The third kappa shape index (κ3) is 3.75. The van der Waals surface area contributed by atoms with Crippen LogP contribution < -0.4 is 10.1 Å². The third-order valence-corrected chi connectivity index (χ3v) is 3.96. The molecule has 1 amide bonds. The molecule has 7 heteroatoms. The Morgan fingerprint density at radius 3 is 2.71 bits per heavy atom. The molecular formula is C17H13Cl2N3O2. The van der Waals surface area contributed by atoms with E-state index in [1.54, 1.807) is 25.1 Å². The first kappa shape index (κ1) is 16.5. The molecule has 0 bridgehead atoms. The van der Waals surface area contributed by atoms with Crippen molar-refractivity contribution in [3.05, 3.63) is 58.3 Å². The molecule has 0 unspecified atom stereocenters. The fourth-order valence-electron chi connectivity index (χ4n) is 2.17. The summed E-state index contributed by atoms with van der Waals surface area (Å²) in [5.74, 6) is 0.629. The third-order valence-electron chi connectivity index (χ3n) is 3.22. The topological polar surface area (TPSA) is 64.1 Å². The highest BCUT2D eigenvalue weighted by Gasteiger charge is 2.10. The average molecular weight is 362 g/mol. The molecule has 3 rings (SSSR count). The van der Waals surface area contributed by atoms with E-state index in [4.69, 9.17) is 27.9 Å². The van der Waals surface area contributed by atoms with Crippen LogP contribution in [0.1, 0.15) is 5.82 Å². The number of para-hydroxylation sites is 1. The SMILES string of the molecule is Cc1nc(OCC(=O)Nc2ccc(Cl)c(Cl)c2)c2ccccc2n1. The number of ether oxygens (including phenoxy) is 1. The Kier molecular flexibility index (Phi) is 4.83. The lowest BCUT2D eigenvalue weighted by Crippen LogP contribution is -2.20. The van der Waals surface area contributed by atoms with E-state index in [1.165, 1.54) is 0 Å². The largest absolute Gasteiger partial charge is 0.467 e. The molecule has 0 saturated carbocycles. The minimum absolute atomic E-state index is 0.180. The zero-order valence-electron chi connectivity index (χ0n) is 12.7. The number of halogens is 2. The number of nitrogens with zero attached hydrogens (tertiary/aromatic N) is 2. The quantitative estimate of drug-likeness (QED) is 0.753. The highest BCUT2D eigenvalue weighted by Crippen LogP contribution is 2.25. The fraction of sp³-hybridized carbons (Fsp3) is 0.118. The van der Waals surface area contributed by atoms with Crippen molar-refractivity contribution in [3.63, 3.8) is 0 Å². The van der Waals surface area contributed by atoms with Gasteiger partial charge in [-0.1, -0.05) is 35.3 Å². The van der Waals surface area contributed by atoms with Gasteiger partial charge in [0.25, 0.3) is 5.91 Å². The minimum Gasteiger partial charge on any atom is -0.467 e. The second-order valence-electron chi connectivity index (χ2n) is 5.06. The van der Waals surface area contributed by atoms with E-state index in [0.29, 0.717) is 27.4 Å². The van der Waals surface area contributed by atoms with Crippen molar-refractivity contribution >= 4 is 45.7 Å². The number of carbonyl (C=O) groups is 1. The minimum atomic E-state index is -0.325. The van der Waals surface area contributed by atoms with Crippen molar-refractivity contribution in [2.24, 2.45) is 0 Å². The van der Waals surface area contributed by atoms with Crippen LogP contribution in [-0.2, 0) is 4.79 Å². The first-order chi connectivity index (χ1) is 11.5. The van der Waals surface area contributed by atoms with Gasteiger partial charge in [0.2, 0.25) is 5.88 Å². The van der Waals surface area contributed by atoms with Gasteiger partial charge in [-0.3, -0.25) is 4.79 Å². The fourth-order valence-corrected chi connectivity index (χ4v) is 2.47. The van der Waals surface area contributed by atoms with Gasteiger partial charge in [-0.2, -0.15) is 4.98 Å². The molecule has 1 aromatic heterocycles. The summed E-state index contributed by atoms with van der Waals surface area (Å²) in [5, 5.41) is 4.24. The molecule has 2 aromatic carbocycles. The Balaban J connectivity index is 1.71. The highest BCUT2D eigenvalue weighted by atomic mass is 35.5. The van der Waals surface area contributed by atoms with Crippen molar-refractivity contribution in [2.75, 3.05) is 11.9 Å². The molecule has 122 valence electrons. The summed E-state index contributed by atoms with van der Waals surface area (Å²) in [6.07, 6.45) is 0. The van der Waals surface area contributed by atoms with Gasteiger partial charge < -0.3 is 10.1 Å². The van der Waals surface area contributed by atoms with Crippen LogP contribution in [0.15, 0.2) is 42.5 Å². The van der Waals surface area contributed by atoms with Crippen LogP contribution in [0.2, 0.25) is 10.0 Å². The zero-order chi connectivity index (χ0) is 17.1. The first-order valence-electron chi connectivity index (χ1n) is 7.14. The molecular weight excluding hydrogens is 349 g/mol. The van der Waals surface area contributed by atoms with E-state index in [0.717, 1.165) is 10.9 Å². The second-order valence-corrected chi connectivity index (χ2v) is 5.87. The van der Waals surface area contributed by atoms with E-state index < -0.39 is 0 Å². The Labute approximate surface area is 148 Å². The molecule has 3 aromatic rings. The van der Waals surface area contributed by atoms with Gasteiger partial charge in [-0.15, -0.1) is 0 Å². The van der Waals surface area contributed by atoms with E-state index in [9.17, 15) is 4.79 Å². The predicted octanol–water partition coefficient (Wildman–Crippen LogP) is 4.26. The van der Waals surface area contributed by atoms with Gasteiger partial charge in [-0.05, 0) is 37.3 Å². The normalized spacial score (nSPS) is 10.6. The number of hydrogen-bond donors (Lipinski definition) is 1. The van der Waals surface area contributed by atoms with Crippen molar-refractivity contribution in [1.82, 2.24) is 9.97 Å². The van der Waals surface area contributed by atoms with E-state index in [1.807, 2.05) is 24.3 Å². The second kappa shape index (κ2) is 7.03. The van der Waals surface area contributed by atoms with Crippen LogP contribution in [0, 0.1) is 6.92 Å². The van der Waals surface area contributed by atoms with Crippen molar-refractivity contribution < 1.29 is 9.53 Å². The molecule has 0 aliphatic rings. The number of nitrogens with one attached hydrogen (secondary N) is 1. The monoisotopic (exact) mass is 361 g/mol. The molecule has 1 heterocycles. The maximum Gasteiger partial charge on any atom is 0.262 e. The lowest BCUT2D eigenvalue weighted by molar-refractivity contribution is -0.118. The first-order valence-corrected chi connectivity index (χ1v) is 7.89. The number of carbonyl (C=O) groups excluding carboxylic acids is 1. The lowest BCUT2D eigenvalue weighted by Gasteiger charge is -2.10. The standard InChI is InChI=1S/C17H13Cl2N3O2/c1-10-20-15-5-3-2-4-12(15)17(21-10)24-9-16(23)22-11-6-7-13(18)14(19)8-11/h2-8H,9H2,1H3,(H,22,23). The molecule has 24 heavy (non-hydrogen) atoms. The van der Waals surface area contributed by atoms with Gasteiger partial charge in [0, 0.05) is 5.69 Å². The smallest absolute Gasteiger partial charge is 0.262 e. The van der Waals surface area contributed by atoms with Crippen molar-refractivity contribution in [2.45, 2.75) is 6.92 Å². The average Bonchev–Trinajstić information content (AvgIpc) is 2.56. The predicted molar refractivity (Wildman–Crippen MR) is 94.9 cm³/mol. The van der Waals surface area contributed by atoms with Crippen LogP contribution in [0.3, 0.4) is 0 Å². The summed E-state index contributed by atoms with van der Waals surface area (Å²) in [6, 6.07) is 12.3. The summed E-state index contributed by atoms with van der Waals surface area (Å²) in [5.41, 5.74) is 1.31. The number of fused-ring (bicyclic) bond motifs is 1. The summed E-state index contributed by atoms with van der Waals surface area (Å²) in [6.45, 7) is 1.59. The summed E-state index contributed by atoms with van der Waals surface area (Å²) >= 11 is 11.8. The molecule has 0 radical (unpaired) electrons. The summed E-state index contributed by atoms with van der Waals surface area (Å²) in [4.78, 5) is 20.6. The van der Waals surface area contributed by atoms with Crippen LogP contribution in [0.5, 0.6) is 5.88 Å². The van der Waals surface area contributed by atoms with Gasteiger partial charge in [0.15, 0.2) is 6.61 Å². The number of anilines is 1. The van der Waals surface area contributed by atoms with Gasteiger partial charge >= 0.3 is 0 Å². The van der Waals surface area contributed by atoms with Gasteiger partial charge in [0.1, 0.15) is 5.82 Å². The maximum atomic E-state index is 12.0. The molecule has 5 nitrogen and oxygen atoms in total. The highest BCUT2D eigenvalue weighted by molar-refractivity contribution is 6.42. The number of aryl methyl sites for hydroxylation is 1. The zero-order valence-corrected chi connectivity index (χ0v) is 14.2. The summed E-state index contributed by atoms with van der Waals surface area (Å²) in [7, 11) is 0. The maximum absolute atomic E-state index is 12.0. The molecule has 0 spiro atoms. The number of hydrogen-bond acceptors (Lipinski definition) is 4. The Hall–Kier alpha value is -2.37. The Morgan fingerprint density at radius 2 is 1.92 bits per heavy atom. The number of rotatable bonds is 4.